The zero-order valence-electron chi connectivity index (χ0n) is 17.0. The van der Waals surface area contributed by atoms with Crippen molar-refractivity contribution in [3.8, 4) is 0 Å². The number of aromatic nitrogens is 1. The third kappa shape index (κ3) is 4.62. The predicted molar refractivity (Wildman–Crippen MR) is 108 cm³/mol. The van der Waals surface area contributed by atoms with Crippen LogP contribution in [0.1, 0.15) is 34.2 Å². The van der Waals surface area contributed by atoms with E-state index in [1.165, 1.54) is 10.5 Å². The zero-order valence-corrected chi connectivity index (χ0v) is 17.0. The van der Waals surface area contributed by atoms with Gasteiger partial charge in [-0.2, -0.15) is 0 Å². The van der Waals surface area contributed by atoms with E-state index in [-0.39, 0.29) is 11.9 Å². The molecule has 1 aromatic carbocycles. The normalized spacial score (nSPS) is 14.9. The molecule has 1 saturated heterocycles. The number of amides is 1. The van der Waals surface area contributed by atoms with E-state index >= 15 is 0 Å². The molecule has 28 heavy (non-hydrogen) atoms. The smallest absolute Gasteiger partial charge is 0.410 e. The number of Topliss-reactive ketones (excluding diaryl/α,β-unsaturated/α-hetero) is 1. The summed E-state index contributed by atoms with van der Waals surface area (Å²) in [6.45, 7) is 10.3. The molecular formula is C22H30N3O3+. The molecule has 0 atom stereocenters. The van der Waals surface area contributed by atoms with Crippen molar-refractivity contribution in [2.24, 2.45) is 0 Å². The van der Waals surface area contributed by atoms with Crippen molar-refractivity contribution >= 4 is 11.9 Å². The summed E-state index contributed by atoms with van der Waals surface area (Å²) in [4.78, 5) is 27.7. The zero-order chi connectivity index (χ0) is 20.1. The Hall–Kier alpha value is -2.60. The first-order chi connectivity index (χ1) is 13.5. The van der Waals surface area contributed by atoms with E-state index in [1.54, 1.807) is 4.90 Å². The Morgan fingerprint density at radius 1 is 1.11 bits per heavy atom. The van der Waals surface area contributed by atoms with Crippen LogP contribution in [0.5, 0.6) is 0 Å². The van der Waals surface area contributed by atoms with Gasteiger partial charge in [-0.15, -0.1) is 0 Å². The Balaban J connectivity index is 1.61. The number of ether oxygens (including phenoxy) is 1. The molecule has 1 aliphatic heterocycles. The Bertz CT molecular complexity index is 821. The van der Waals surface area contributed by atoms with Crippen LogP contribution in [0, 0.1) is 13.8 Å². The molecule has 6 nitrogen and oxygen atoms in total. The van der Waals surface area contributed by atoms with Crippen LogP contribution in [0.2, 0.25) is 0 Å². The highest BCUT2D eigenvalue weighted by molar-refractivity contribution is 5.98. The van der Waals surface area contributed by atoms with Gasteiger partial charge in [0.15, 0.2) is 0 Å². The number of benzene rings is 1. The SMILES string of the molecule is CCOC(=O)N1CC[NH+](CC(=O)c2cc(C)n(Cc3ccccc3)c2C)CC1. The maximum Gasteiger partial charge on any atom is 0.410 e. The van der Waals surface area contributed by atoms with Gasteiger partial charge in [-0.25, -0.2) is 4.79 Å². The maximum absolute atomic E-state index is 12.9. The highest BCUT2D eigenvalue weighted by atomic mass is 16.6. The molecule has 1 aromatic heterocycles. The highest BCUT2D eigenvalue weighted by Crippen LogP contribution is 2.17. The van der Waals surface area contributed by atoms with Gasteiger partial charge < -0.3 is 14.2 Å². The van der Waals surface area contributed by atoms with E-state index in [0.717, 1.165) is 36.6 Å². The molecule has 3 rings (SSSR count). The number of ketones is 1. The third-order valence-electron chi connectivity index (χ3n) is 5.46. The number of hydrogen-bond donors (Lipinski definition) is 1. The number of carbonyl (C=O) groups excluding carboxylic acids is 2. The number of quaternary nitrogens is 1. The van der Waals surface area contributed by atoms with E-state index < -0.39 is 0 Å². The summed E-state index contributed by atoms with van der Waals surface area (Å²) in [5, 5.41) is 0. The van der Waals surface area contributed by atoms with Crippen LogP contribution in [-0.4, -0.2) is 60.7 Å². The van der Waals surface area contributed by atoms with Crippen LogP contribution in [0.3, 0.4) is 0 Å². The summed E-state index contributed by atoms with van der Waals surface area (Å²) >= 11 is 0. The second kappa shape index (κ2) is 9.06. The Kier molecular flexibility index (Phi) is 6.52. The molecule has 0 saturated carbocycles. The standard InChI is InChI=1S/C22H29N3O3/c1-4-28-22(27)24-12-10-23(11-13-24)16-21(26)20-14-17(2)25(18(20)3)15-19-8-6-5-7-9-19/h5-9,14H,4,10-13,15-16H2,1-3H3/p+1. The number of rotatable bonds is 6. The van der Waals surface area contributed by atoms with Crippen LogP contribution in [0.15, 0.2) is 36.4 Å². The molecule has 0 radical (unpaired) electrons. The molecule has 1 amide bonds. The summed E-state index contributed by atoms with van der Waals surface area (Å²) in [7, 11) is 0. The lowest BCUT2D eigenvalue weighted by molar-refractivity contribution is -0.895. The maximum atomic E-state index is 12.9. The lowest BCUT2D eigenvalue weighted by Gasteiger charge is -2.31. The van der Waals surface area contributed by atoms with E-state index in [9.17, 15) is 9.59 Å². The number of piperazine rings is 1. The van der Waals surface area contributed by atoms with Crippen LogP contribution in [-0.2, 0) is 11.3 Å². The van der Waals surface area contributed by atoms with Crippen molar-refractivity contribution in [1.82, 2.24) is 9.47 Å². The van der Waals surface area contributed by atoms with E-state index in [1.807, 2.05) is 38.1 Å². The topological polar surface area (TPSA) is 56.0 Å². The fourth-order valence-corrected chi connectivity index (χ4v) is 3.81. The van der Waals surface area contributed by atoms with Gasteiger partial charge in [0.25, 0.3) is 0 Å². The minimum absolute atomic E-state index is 0.173. The average Bonchev–Trinajstić information content (AvgIpc) is 2.98. The van der Waals surface area contributed by atoms with Crippen molar-refractivity contribution < 1.29 is 19.2 Å². The summed E-state index contributed by atoms with van der Waals surface area (Å²) in [6, 6.07) is 12.3. The molecule has 0 aliphatic carbocycles. The molecular weight excluding hydrogens is 354 g/mol. The molecule has 1 N–H and O–H groups in total. The molecule has 0 bridgehead atoms. The summed E-state index contributed by atoms with van der Waals surface area (Å²) in [5.41, 5.74) is 4.17. The van der Waals surface area contributed by atoms with Gasteiger partial charge in [-0.05, 0) is 32.4 Å². The summed E-state index contributed by atoms with van der Waals surface area (Å²) in [5.74, 6) is 0.173. The first kappa shape index (κ1) is 20.1. The van der Waals surface area contributed by atoms with Crippen molar-refractivity contribution in [2.45, 2.75) is 27.3 Å². The average molecular weight is 385 g/mol. The number of nitrogens with one attached hydrogen (secondary N) is 1. The quantitative estimate of drug-likeness (QED) is 0.772. The molecule has 0 unspecified atom stereocenters. The van der Waals surface area contributed by atoms with E-state index in [2.05, 4.69) is 23.6 Å². The van der Waals surface area contributed by atoms with Gasteiger partial charge >= 0.3 is 6.09 Å². The van der Waals surface area contributed by atoms with Crippen molar-refractivity contribution in [2.75, 3.05) is 39.3 Å². The molecule has 2 aromatic rings. The van der Waals surface area contributed by atoms with Crippen LogP contribution in [0.25, 0.3) is 0 Å². The van der Waals surface area contributed by atoms with Gasteiger partial charge in [0.05, 0.1) is 32.8 Å². The minimum Gasteiger partial charge on any atom is -0.450 e. The first-order valence-electron chi connectivity index (χ1n) is 9.98. The van der Waals surface area contributed by atoms with Crippen molar-refractivity contribution in [3.05, 3.63) is 58.9 Å². The van der Waals surface area contributed by atoms with Gasteiger partial charge in [-0.3, -0.25) is 9.69 Å². The number of hydrogen-bond acceptors (Lipinski definition) is 3. The Morgan fingerprint density at radius 3 is 2.43 bits per heavy atom. The van der Waals surface area contributed by atoms with Gasteiger partial charge in [0, 0.05) is 23.5 Å². The lowest BCUT2D eigenvalue weighted by atomic mass is 10.1. The van der Waals surface area contributed by atoms with Crippen molar-refractivity contribution in [1.29, 1.82) is 0 Å². The summed E-state index contributed by atoms with van der Waals surface area (Å²) in [6.07, 6.45) is -0.252. The third-order valence-corrected chi connectivity index (χ3v) is 5.46. The fourth-order valence-electron chi connectivity index (χ4n) is 3.81. The van der Waals surface area contributed by atoms with E-state index in [4.69, 9.17) is 4.74 Å². The van der Waals surface area contributed by atoms with Gasteiger partial charge in [0.1, 0.15) is 6.54 Å². The highest BCUT2D eigenvalue weighted by Gasteiger charge is 2.27. The lowest BCUT2D eigenvalue weighted by Crippen LogP contribution is -3.15. The second-order valence-electron chi connectivity index (χ2n) is 7.39. The molecule has 1 aliphatic rings. The van der Waals surface area contributed by atoms with Crippen molar-refractivity contribution in [3.63, 3.8) is 0 Å². The van der Waals surface area contributed by atoms with Crippen LogP contribution >= 0.6 is 0 Å². The molecule has 0 spiro atoms. The van der Waals surface area contributed by atoms with Gasteiger partial charge in [-0.1, -0.05) is 30.3 Å². The number of nitrogens with zero attached hydrogens (tertiary/aromatic N) is 2. The second-order valence-corrected chi connectivity index (χ2v) is 7.39. The Morgan fingerprint density at radius 2 is 1.79 bits per heavy atom. The molecule has 6 heteroatoms. The largest absolute Gasteiger partial charge is 0.450 e. The number of carbonyl (C=O) groups is 2. The summed E-state index contributed by atoms with van der Waals surface area (Å²) < 4.78 is 7.26. The van der Waals surface area contributed by atoms with E-state index in [0.29, 0.717) is 26.2 Å². The fraction of sp³-hybridized carbons (Fsp3) is 0.455. The molecule has 150 valence electrons. The molecule has 2 heterocycles. The van der Waals surface area contributed by atoms with Crippen LogP contribution < -0.4 is 4.90 Å². The molecule has 1 fully saturated rings. The predicted octanol–water partition coefficient (Wildman–Crippen LogP) is 1.69. The van der Waals surface area contributed by atoms with Crippen LogP contribution in [0.4, 0.5) is 4.79 Å². The Labute approximate surface area is 166 Å². The van der Waals surface area contributed by atoms with Gasteiger partial charge in [0.2, 0.25) is 5.78 Å². The monoisotopic (exact) mass is 384 g/mol. The minimum atomic E-state index is -0.252. The first-order valence-corrected chi connectivity index (χ1v) is 9.98. The number of aryl methyl sites for hydroxylation is 1.